The van der Waals surface area contributed by atoms with Crippen molar-refractivity contribution >= 4 is 18.0 Å². The molecule has 0 aromatic heterocycles. The molecule has 2 fully saturated rings. The van der Waals surface area contributed by atoms with Crippen molar-refractivity contribution in [2.45, 2.75) is 104 Å². The lowest BCUT2D eigenvalue weighted by atomic mass is 9.85. The van der Waals surface area contributed by atoms with E-state index in [0.29, 0.717) is 13.2 Å². The van der Waals surface area contributed by atoms with Gasteiger partial charge in [0.25, 0.3) is 0 Å². The van der Waals surface area contributed by atoms with Crippen LogP contribution in [0.2, 0.25) is 0 Å². The molecule has 232 valence electrons. The van der Waals surface area contributed by atoms with Crippen LogP contribution in [0.5, 0.6) is 5.75 Å². The monoisotopic (exact) mass is 587 g/mol. The maximum Gasteiger partial charge on any atom is 0.407 e. The van der Waals surface area contributed by atoms with E-state index in [1.807, 2.05) is 32.9 Å². The third kappa shape index (κ3) is 6.84. The summed E-state index contributed by atoms with van der Waals surface area (Å²) in [6, 6.07) is 4.40. The maximum absolute atomic E-state index is 13.9. The Morgan fingerprint density at radius 3 is 2.62 bits per heavy atom. The highest BCUT2D eigenvalue weighted by atomic mass is 16.8. The zero-order valence-electron chi connectivity index (χ0n) is 25.6. The smallest absolute Gasteiger partial charge is 0.407 e. The number of hydrogen-bond acceptors (Lipinski definition) is 9. The molecule has 6 atom stereocenters. The first-order valence-corrected chi connectivity index (χ1v) is 15.0. The number of nitrogens with zero attached hydrogens (tertiary/aromatic N) is 2. The van der Waals surface area contributed by atoms with Gasteiger partial charge in [-0.1, -0.05) is 46.8 Å². The molecule has 0 radical (unpaired) electrons. The van der Waals surface area contributed by atoms with Crippen molar-refractivity contribution in [2.24, 2.45) is 10.8 Å². The lowest BCUT2D eigenvalue weighted by Crippen LogP contribution is -2.57. The van der Waals surface area contributed by atoms with E-state index < -0.39 is 42.0 Å². The molecule has 6 unspecified atom stereocenters. The van der Waals surface area contributed by atoms with Crippen molar-refractivity contribution in [3.05, 3.63) is 29.3 Å². The van der Waals surface area contributed by atoms with Crippen LogP contribution in [-0.2, 0) is 41.6 Å². The number of amides is 2. The van der Waals surface area contributed by atoms with Gasteiger partial charge < -0.3 is 33.9 Å². The van der Waals surface area contributed by atoms with Crippen LogP contribution in [0.4, 0.5) is 4.79 Å². The van der Waals surface area contributed by atoms with Gasteiger partial charge in [-0.05, 0) is 41.7 Å². The number of benzene rings is 1. The van der Waals surface area contributed by atoms with Crippen LogP contribution in [-0.4, -0.2) is 85.3 Å². The second-order valence-corrected chi connectivity index (χ2v) is 13.7. The molecule has 1 aromatic carbocycles. The van der Waals surface area contributed by atoms with E-state index in [4.69, 9.17) is 23.7 Å². The van der Waals surface area contributed by atoms with Crippen LogP contribution in [0.15, 0.2) is 18.2 Å². The fraction of sp³-hybridized carbons (Fsp3) is 0.710. The topological polar surface area (TPSA) is 119 Å². The molecule has 0 saturated carbocycles. The molecule has 4 bridgehead atoms. The predicted octanol–water partition coefficient (Wildman–Crippen LogP) is 3.57. The van der Waals surface area contributed by atoms with Gasteiger partial charge in [0.1, 0.15) is 17.8 Å². The highest BCUT2D eigenvalue weighted by Crippen LogP contribution is 2.39. The molecular formula is C31H45N3O8. The van der Waals surface area contributed by atoms with Crippen LogP contribution < -0.4 is 10.1 Å². The molecule has 11 heteroatoms. The van der Waals surface area contributed by atoms with E-state index in [0.717, 1.165) is 31.6 Å². The Labute approximate surface area is 248 Å². The number of cyclic esters (lactones) is 1. The van der Waals surface area contributed by atoms with Crippen LogP contribution in [0, 0.1) is 10.8 Å². The SMILES string of the molecule is COC(=O)C1CC2CN1C(=O)C(C(C)(C)C)NC(=O)OCC(C)(C)CCCCOc1cccc3c1CN(C3)C1OC1O2. The predicted molar refractivity (Wildman–Crippen MR) is 152 cm³/mol. The standard InChI is InChI=1S/C31H45N3O8/c1-30(2,3)24-25(35)34-16-20(14-22(34)27(36)38-6)41-28-26(42-28)33-15-19-10-9-11-23(21(19)17-33)39-13-8-7-12-31(4,5)18-40-29(37)32-24/h9-11,20,22,24,26,28H,7-8,12-18H2,1-6H3,(H,32,37). The van der Waals surface area contributed by atoms with E-state index in [1.54, 1.807) is 0 Å². The number of methoxy groups -OCH3 is 1. The summed E-state index contributed by atoms with van der Waals surface area (Å²) in [6.07, 6.45) is 1.15. The van der Waals surface area contributed by atoms with Crippen LogP contribution in [0.1, 0.15) is 71.4 Å². The minimum atomic E-state index is -0.920. The summed E-state index contributed by atoms with van der Waals surface area (Å²) in [6.45, 7) is 12.1. The van der Waals surface area contributed by atoms with Gasteiger partial charge in [0, 0.05) is 31.6 Å². The summed E-state index contributed by atoms with van der Waals surface area (Å²) < 4.78 is 29.1. The number of fused-ring (bicyclic) bond motifs is 5. The number of ether oxygens (including phenoxy) is 5. The van der Waals surface area contributed by atoms with Crippen LogP contribution in [0.3, 0.4) is 0 Å². The lowest BCUT2D eigenvalue weighted by molar-refractivity contribution is -0.152. The van der Waals surface area contributed by atoms with Gasteiger partial charge in [-0.3, -0.25) is 9.69 Å². The summed E-state index contributed by atoms with van der Waals surface area (Å²) in [5.41, 5.74) is 1.49. The second-order valence-electron chi connectivity index (χ2n) is 13.7. The quantitative estimate of drug-likeness (QED) is 0.389. The van der Waals surface area contributed by atoms with E-state index in [-0.39, 0.29) is 37.1 Å². The molecule has 2 saturated heterocycles. The first-order valence-electron chi connectivity index (χ1n) is 15.0. The first kappa shape index (κ1) is 30.6. The number of epoxide rings is 1. The molecule has 1 N–H and O–H groups in total. The lowest BCUT2D eigenvalue weighted by Gasteiger charge is -2.35. The number of nitrogens with one attached hydrogen (secondary N) is 1. The number of rotatable bonds is 1. The summed E-state index contributed by atoms with van der Waals surface area (Å²) >= 11 is 0. The number of carbonyl (C=O) groups is 3. The Morgan fingerprint density at radius 2 is 1.88 bits per heavy atom. The normalized spacial score (nSPS) is 31.9. The number of carbonyl (C=O) groups excluding carboxylic acids is 3. The molecular weight excluding hydrogens is 542 g/mol. The van der Waals surface area contributed by atoms with Crippen molar-refractivity contribution in [1.82, 2.24) is 15.1 Å². The largest absolute Gasteiger partial charge is 0.493 e. The Balaban J connectivity index is 1.36. The third-order valence-electron chi connectivity index (χ3n) is 8.57. The van der Waals surface area contributed by atoms with Gasteiger partial charge in [0.05, 0.1) is 26.4 Å². The molecule has 4 heterocycles. The number of hydrogen-bond donors (Lipinski definition) is 1. The summed E-state index contributed by atoms with van der Waals surface area (Å²) in [5, 5.41) is 2.79. The van der Waals surface area contributed by atoms with Gasteiger partial charge in [0.2, 0.25) is 5.91 Å². The van der Waals surface area contributed by atoms with Crippen molar-refractivity contribution in [3.63, 3.8) is 0 Å². The minimum absolute atomic E-state index is 0.180. The van der Waals surface area contributed by atoms with E-state index in [9.17, 15) is 14.4 Å². The van der Waals surface area contributed by atoms with Gasteiger partial charge in [-0.25, -0.2) is 9.59 Å². The van der Waals surface area contributed by atoms with Crippen molar-refractivity contribution < 1.29 is 38.1 Å². The minimum Gasteiger partial charge on any atom is -0.493 e. The van der Waals surface area contributed by atoms with Crippen molar-refractivity contribution in [2.75, 3.05) is 26.9 Å². The molecule has 1 aromatic rings. The van der Waals surface area contributed by atoms with Crippen molar-refractivity contribution in [1.29, 1.82) is 0 Å². The van der Waals surface area contributed by atoms with Crippen LogP contribution in [0.25, 0.3) is 0 Å². The molecule has 2 amide bonds. The Kier molecular flexibility index (Phi) is 8.74. The first-order chi connectivity index (χ1) is 19.9. The molecule has 42 heavy (non-hydrogen) atoms. The second kappa shape index (κ2) is 12.0. The summed E-state index contributed by atoms with van der Waals surface area (Å²) in [7, 11) is 1.30. The Morgan fingerprint density at radius 1 is 1.10 bits per heavy atom. The number of alkyl carbamates (subject to hydrolysis) is 1. The molecule has 11 nitrogen and oxygen atoms in total. The zero-order chi connectivity index (χ0) is 30.2. The zero-order valence-corrected chi connectivity index (χ0v) is 25.6. The van der Waals surface area contributed by atoms with Gasteiger partial charge in [-0.15, -0.1) is 0 Å². The molecule has 4 aliphatic rings. The molecule has 0 aliphatic carbocycles. The fourth-order valence-corrected chi connectivity index (χ4v) is 6.06. The third-order valence-corrected chi connectivity index (χ3v) is 8.57. The summed E-state index contributed by atoms with van der Waals surface area (Å²) in [5.74, 6) is -0.000299. The average molecular weight is 588 g/mol. The highest BCUT2D eigenvalue weighted by molar-refractivity contribution is 5.91. The fourth-order valence-electron chi connectivity index (χ4n) is 6.06. The van der Waals surface area contributed by atoms with E-state index in [1.165, 1.54) is 23.1 Å². The van der Waals surface area contributed by atoms with Gasteiger partial charge in [0.15, 0.2) is 12.5 Å². The maximum atomic E-state index is 13.9. The Hall–Kier alpha value is -2.89. The molecule has 0 spiro atoms. The summed E-state index contributed by atoms with van der Waals surface area (Å²) in [4.78, 5) is 43.3. The Bertz CT molecular complexity index is 1180. The van der Waals surface area contributed by atoms with Crippen LogP contribution >= 0.6 is 0 Å². The van der Waals surface area contributed by atoms with Gasteiger partial charge in [-0.2, -0.15) is 0 Å². The molecule has 5 rings (SSSR count). The highest BCUT2D eigenvalue weighted by Gasteiger charge is 2.52. The number of esters is 1. The van der Waals surface area contributed by atoms with E-state index in [2.05, 4.69) is 30.1 Å². The van der Waals surface area contributed by atoms with E-state index >= 15 is 0 Å². The van der Waals surface area contributed by atoms with Crippen molar-refractivity contribution in [3.8, 4) is 5.75 Å². The van der Waals surface area contributed by atoms with Gasteiger partial charge >= 0.3 is 12.1 Å². The average Bonchev–Trinajstić information content (AvgIpc) is 3.34. The molecule has 4 aliphatic heterocycles.